The van der Waals surface area contributed by atoms with Crippen LogP contribution in [0, 0.1) is 0 Å². The van der Waals surface area contributed by atoms with Gasteiger partial charge in [0.1, 0.15) is 0 Å². The Morgan fingerprint density at radius 2 is 2.05 bits per heavy atom. The van der Waals surface area contributed by atoms with Crippen molar-refractivity contribution in [2.24, 2.45) is 0 Å². The zero-order chi connectivity index (χ0) is 15.0. The number of rotatable bonds is 8. The fourth-order valence-corrected chi connectivity index (χ4v) is 1.92. The number of unbranched alkanes of at least 4 members (excludes halogenated alkanes) is 1. The molecule has 0 spiro atoms. The summed E-state index contributed by atoms with van der Waals surface area (Å²) in [6, 6.07) is 6.70. The Bertz CT molecular complexity index is 447. The molecule has 1 amide bonds. The molecule has 2 N–H and O–H groups in total. The third kappa shape index (κ3) is 4.75. The van der Waals surface area contributed by atoms with E-state index in [0.29, 0.717) is 30.4 Å². The molecule has 0 aliphatic heterocycles. The Kier molecular flexibility index (Phi) is 6.90. The van der Waals surface area contributed by atoms with E-state index in [-0.39, 0.29) is 12.5 Å². The summed E-state index contributed by atoms with van der Waals surface area (Å²) in [7, 11) is 1.69. The summed E-state index contributed by atoms with van der Waals surface area (Å²) in [4.78, 5) is 24.6. The van der Waals surface area contributed by atoms with Gasteiger partial charge in [0.2, 0.25) is 0 Å². The van der Waals surface area contributed by atoms with E-state index in [1.807, 2.05) is 0 Å². The number of carbonyl (C=O) groups excluding carboxylic acids is 2. The number of hydrogen-bond acceptors (Lipinski definition) is 4. The fraction of sp³-hybridized carbons (Fsp3) is 0.467. The third-order valence-electron chi connectivity index (χ3n) is 3.16. The maximum Gasteiger partial charge on any atom is 0.254 e. The Labute approximate surface area is 118 Å². The van der Waals surface area contributed by atoms with Gasteiger partial charge in [0.25, 0.3) is 5.91 Å². The molecule has 5 heteroatoms. The van der Waals surface area contributed by atoms with Crippen molar-refractivity contribution in [3.63, 3.8) is 0 Å². The molecule has 0 saturated heterocycles. The van der Waals surface area contributed by atoms with Crippen molar-refractivity contribution in [3.8, 4) is 0 Å². The Hall–Kier alpha value is -1.72. The molecule has 1 unspecified atom stereocenters. The zero-order valence-corrected chi connectivity index (χ0v) is 11.7. The molecule has 0 heterocycles. The Morgan fingerprint density at radius 1 is 1.35 bits per heavy atom. The third-order valence-corrected chi connectivity index (χ3v) is 3.16. The van der Waals surface area contributed by atoms with Crippen molar-refractivity contribution in [1.82, 2.24) is 4.90 Å². The molecule has 0 aromatic heterocycles. The monoisotopic (exact) mass is 279 g/mol. The van der Waals surface area contributed by atoms with Crippen LogP contribution in [0.4, 0.5) is 0 Å². The number of amides is 1. The second-order valence-electron chi connectivity index (χ2n) is 4.76. The number of nitrogens with zero attached hydrogens (tertiary/aromatic N) is 1. The highest BCUT2D eigenvalue weighted by Gasteiger charge is 2.14. The van der Waals surface area contributed by atoms with Crippen LogP contribution < -0.4 is 0 Å². The van der Waals surface area contributed by atoms with Crippen LogP contribution in [0.2, 0.25) is 0 Å². The van der Waals surface area contributed by atoms with Crippen LogP contribution in [0.1, 0.15) is 40.0 Å². The lowest BCUT2D eigenvalue weighted by Crippen LogP contribution is -2.28. The highest BCUT2D eigenvalue weighted by molar-refractivity contribution is 6.01. The summed E-state index contributed by atoms with van der Waals surface area (Å²) < 4.78 is 0. The number of carbonyl (C=O) groups is 2. The van der Waals surface area contributed by atoms with E-state index in [1.165, 1.54) is 0 Å². The van der Waals surface area contributed by atoms with E-state index in [1.54, 1.807) is 36.2 Å². The van der Waals surface area contributed by atoms with Gasteiger partial charge in [-0.1, -0.05) is 18.2 Å². The summed E-state index contributed by atoms with van der Waals surface area (Å²) in [5, 5.41) is 17.9. The quantitative estimate of drug-likeness (QED) is 0.551. The van der Waals surface area contributed by atoms with Gasteiger partial charge >= 0.3 is 0 Å². The molecule has 0 aliphatic carbocycles. The molecule has 0 saturated carbocycles. The van der Waals surface area contributed by atoms with Crippen LogP contribution in [0.3, 0.4) is 0 Å². The summed E-state index contributed by atoms with van der Waals surface area (Å²) >= 11 is 0. The van der Waals surface area contributed by atoms with Gasteiger partial charge in [0, 0.05) is 19.2 Å². The average Bonchev–Trinajstić information content (AvgIpc) is 2.50. The first kappa shape index (κ1) is 16.3. The fourth-order valence-electron chi connectivity index (χ4n) is 1.92. The Morgan fingerprint density at radius 3 is 2.70 bits per heavy atom. The van der Waals surface area contributed by atoms with Gasteiger partial charge in [0.05, 0.1) is 18.3 Å². The van der Waals surface area contributed by atoms with E-state index in [2.05, 4.69) is 0 Å². The summed E-state index contributed by atoms with van der Waals surface area (Å²) in [5.74, 6) is -0.185. The van der Waals surface area contributed by atoms with Crippen LogP contribution in [0.5, 0.6) is 0 Å². The lowest BCUT2D eigenvalue weighted by Gasteiger charge is -2.18. The first-order valence-corrected chi connectivity index (χ1v) is 6.68. The van der Waals surface area contributed by atoms with Crippen LogP contribution in [0.15, 0.2) is 24.3 Å². The van der Waals surface area contributed by atoms with Gasteiger partial charge < -0.3 is 15.1 Å². The molecule has 110 valence electrons. The van der Waals surface area contributed by atoms with Crippen LogP contribution in [0.25, 0.3) is 0 Å². The molecule has 0 radical (unpaired) electrons. The van der Waals surface area contributed by atoms with E-state index >= 15 is 0 Å². The lowest BCUT2D eigenvalue weighted by atomic mass is 10.1. The molecule has 0 aliphatic rings. The van der Waals surface area contributed by atoms with Gasteiger partial charge in [-0.15, -0.1) is 0 Å². The maximum atomic E-state index is 12.2. The van der Waals surface area contributed by atoms with Crippen molar-refractivity contribution in [2.45, 2.75) is 25.4 Å². The molecule has 5 nitrogen and oxygen atoms in total. The van der Waals surface area contributed by atoms with Crippen molar-refractivity contribution in [1.29, 1.82) is 0 Å². The molecule has 1 aromatic carbocycles. The molecule has 1 rings (SSSR count). The molecule has 1 aromatic rings. The summed E-state index contributed by atoms with van der Waals surface area (Å²) in [6.07, 6.45) is 1.98. The lowest BCUT2D eigenvalue weighted by molar-refractivity contribution is 0.0768. The topological polar surface area (TPSA) is 77.8 Å². The minimum atomic E-state index is -0.688. The smallest absolute Gasteiger partial charge is 0.254 e. The van der Waals surface area contributed by atoms with Gasteiger partial charge in [-0.25, -0.2) is 0 Å². The average molecular weight is 279 g/mol. The van der Waals surface area contributed by atoms with E-state index in [0.717, 1.165) is 12.8 Å². The van der Waals surface area contributed by atoms with Gasteiger partial charge in [-0.3, -0.25) is 9.59 Å². The molecular weight excluding hydrogens is 258 g/mol. The first-order valence-electron chi connectivity index (χ1n) is 6.68. The SMILES string of the molecule is CN(CCCCC(O)CO)C(=O)c1ccccc1C=O. The number of hydrogen-bond donors (Lipinski definition) is 2. The first-order chi connectivity index (χ1) is 9.60. The predicted octanol–water partition coefficient (Wildman–Crippen LogP) is 1.09. The van der Waals surface area contributed by atoms with Crippen LogP contribution >= 0.6 is 0 Å². The highest BCUT2D eigenvalue weighted by atomic mass is 16.3. The predicted molar refractivity (Wildman–Crippen MR) is 75.7 cm³/mol. The van der Waals surface area contributed by atoms with Crippen molar-refractivity contribution in [2.75, 3.05) is 20.2 Å². The standard InChI is InChI=1S/C15H21NO4/c1-16(9-5-4-7-13(19)11-18)15(20)14-8-3-2-6-12(14)10-17/h2-3,6,8,10,13,18-19H,4-5,7,9,11H2,1H3. The number of aliphatic hydroxyl groups excluding tert-OH is 2. The molecule has 0 fully saturated rings. The second kappa shape index (κ2) is 8.45. The number of benzene rings is 1. The largest absolute Gasteiger partial charge is 0.394 e. The molecular formula is C15H21NO4. The molecule has 20 heavy (non-hydrogen) atoms. The van der Waals surface area contributed by atoms with Gasteiger partial charge in [-0.2, -0.15) is 0 Å². The van der Waals surface area contributed by atoms with E-state index < -0.39 is 6.10 Å². The zero-order valence-electron chi connectivity index (χ0n) is 11.7. The maximum absolute atomic E-state index is 12.2. The minimum absolute atomic E-state index is 0.185. The molecule has 1 atom stereocenters. The van der Waals surface area contributed by atoms with Crippen molar-refractivity contribution in [3.05, 3.63) is 35.4 Å². The van der Waals surface area contributed by atoms with Crippen LogP contribution in [-0.2, 0) is 0 Å². The Balaban J connectivity index is 2.49. The number of aliphatic hydroxyl groups is 2. The summed E-state index contributed by atoms with van der Waals surface area (Å²) in [6.45, 7) is 0.311. The minimum Gasteiger partial charge on any atom is -0.394 e. The van der Waals surface area contributed by atoms with E-state index in [4.69, 9.17) is 5.11 Å². The summed E-state index contributed by atoms with van der Waals surface area (Å²) in [5.41, 5.74) is 0.792. The second-order valence-corrected chi connectivity index (χ2v) is 4.76. The molecule has 0 bridgehead atoms. The van der Waals surface area contributed by atoms with Gasteiger partial charge in [0.15, 0.2) is 6.29 Å². The van der Waals surface area contributed by atoms with Crippen molar-refractivity contribution >= 4 is 12.2 Å². The van der Waals surface area contributed by atoms with Crippen molar-refractivity contribution < 1.29 is 19.8 Å². The number of aldehydes is 1. The normalized spacial score (nSPS) is 11.9. The van der Waals surface area contributed by atoms with Gasteiger partial charge in [-0.05, 0) is 25.3 Å². The van der Waals surface area contributed by atoms with E-state index in [9.17, 15) is 14.7 Å². The van der Waals surface area contributed by atoms with Crippen LogP contribution in [-0.4, -0.2) is 53.6 Å². The highest BCUT2D eigenvalue weighted by Crippen LogP contribution is 2.10.